The number of rotatable bonds is 17. The number of hydrogen-bond acceptors (Lipinski definition) is 8. The van der Waals surface area contributed by atoms with Crippen LogP contribution >= 0.6 is 11.3 Å². The number of nitrogens with zero attached hydrogens (tertiary/aromatic N) is 2. The molecule has 0 aliphatic carbocycles. The quantitative estimate of drug-likeness (QED) is 0.110. The van der Waals surface area contributed by atoms with E-state index in [1.54, 1.807) is 28.4 Å². The molecule has 1 fully saturated rings. The minimum Gasteiger partial charge on any atom is -0.444 e. The first-order valence-electron chi connectivity index (χ1n) is 18.7. The van der Waals surface area contributed by atoms with Crippen molar-refractivity contribution in [2.45, 2.75) is 151 Å². The van der Waals surface area contributed by atoms with Gasteiger partial charge in [0.2, 0.25) is 11.8 Å². The van der Waals surface area contributed by atoms with Crippen molar-refractivity contribution in [3.05, 3.63) is 35.5 Å². The zero-order valence-corrected chi connectivity index (χ0v) is 33.3. The summed E-state index contributed by atoms with van der Waals surface area (Å²) in [5, 5.41) is 5.78. The molecule has 1 aliphatic rings. The third-order valence-electron chi connectivity index (χ3n) is 8.39. The highest BCUT2D eigenvalue weighted by atomic mass is 32.1. The number of hydrogen-bond donors (Lipinski definition) is 3. The number of alkyl carbamates (subject to hydrolysis) is 1. The number of amides is 4. The highest BCUT2D eigenvalue weighted by Crippen LogP contribution is 2.29. The van der Waals surface area contributed by atoms with Gasteiger partial charge < -0.3 is 25.1 Å². The molecule has 2 unspecified atom stereocenters. The summed E-state index contributed by atoms with van der Waals surface area (Å²) < 4.78 is 5.24. The van der Waals surface area contributed by atoms with E-state index >= 15 is 0 Å². The molecule has 0 saturated carbocycles. The van der Waals surface area contributed by atoms with Gasteiger partial charge in [0.25, 0.3) is 5.91 Å². The number of aryl methyl sites for hydroxylation is 1. The van der Waals surface area contributed by atoms with Crippen LogP contribution in [0.25, 0.3) is 10.4 Å². The number of aromatic nitrogens is 1. The van der Waals surface area contributed by atoms with Crippen molar-refractivity contribution < 1.29 is 28.8 Å². The molecule has 1 aromatic heterocycles. The lowest BCUT2D eigenvalue weighted by Gasteiger charge is -2.35. The molecule has 51 heavy (non-hydrogen) atoms. The summed E-state index contributed by atoms with van der Waals surface area (Å²) in [5.74, 6) is -0.292. The van der Waals surface area contributed by atoms with Gasteiger partial charge in [0.05, 0.1) is 16.1 Å². The predicted octanol–water partition coefficient (Wildman–Crippen LogP) is 8.11. The number of carbonyl (C=O) groups excluding carboxylic acids is 4. The van der Waals surface area contributed by atoms with E-state index in [1.807, 2.05) is 80.0 Å². The van der Waals surface area contributed by atoms with Crippen molar-refractivity contribution in [1.82, 2.24) is 26.0 Å². The summed E-state index contributed by atoms with van der Waals surface area (Å²) in [6.45, 7) is 18.3. The van der Waals surface area contributed by atoms with Crippen LogP contribution in [0.2, 0.25) is 0 Å². The van der Waals surface area contributed by atoms with E-state index in [-0.39, 0.29) is 23.8 Å². The van der Waals surface area contributed by atoms with Crippen LogP contribution in [0, 0.1) is 12.3 Å². The first-order valence-corrected chi connectivity index (χ1v) is 19.6. The largest absolute Gasteiger partial charge is 0.444 e. The highest BCUT2D eigenvalue weighted by molar-refractivity contribution is 7.13. The smallest absolute Gasteiger partial charge is 0.407 e. The summed E-state index contributed by atoms with van der Waals surface area (Å²) >= 11 is 1.57. The van der Waals surface area contributed by atoms with Crippen LogP contribution in [0.4, 0.5) is 4.79 Å². The molecular weight excluding hydrogens is 667 g/mol. The van der Waals surface area contributed by atoms with Gasteiger partial charge in [-0.1, -0.05) is 73.1 Å². The van der Waals surface area contributed by atoms with Gasteiger partial charge in [-0.3, -0.25) is 14.4 Å². The van der Waals surface area contributed by atoms with Crippen molar-refractivity contribution in [2.24, 2.45) is 5.41 Å². The molecule has 1 saturated heterocycles. The highest BCUT2D eigenvalue weighted by Gasteiger charge is 2.42. The van der Waals surface area contributed by atoms with Crippen molar-refractivity contribution in [3.8, 4) is 16.2 Å². The Bertz CT molecular complexity index is 1370. The van der Waals surface area contributed by atoms with Crippen molar-refractivity contribution in [3.63, 3.8) is 0 Å². The van der Waals surface area contributed by atoms with E-state index in [9.17, 15) is 19.2 Å². The van der Waals surface area contributed by atoms with Gasteiger partial charge in [0.15, 0.2) is 5.75 Å². The van der Waals surface area contributed by atoms with Gasteiger partial charge in [0, 0.05) is 19.5 Å². The van der Waals surface area contributed by atoms with Crippen molar-refractivity contribution in [2.75, 3.05) is 13.1 Å². The lowest BCUT2D eigenvalue weighted by Crippen LogP contribution is -2.57. The summed E-state index contributed by atoms with van der Waals surface area (Å²) in [5.41, 5.74) is 5.31. The second kappa shape index (κ2) is 21.6. The van der Waals surface area contributed by atoms with Crippen LogP contribution in [-0.2, 0) is 19.1 Å². The Hall–Kier alpha value is -3.67. The van der Waals surface area contributed by atoms with Crippen molar-refractivity contribution >= 4 is 35.2 Å². The predicted molar refractivity (Wildman–Crippen MR) is 204 cm³/mol. The average Bonchev–Trinajstić information content (AvgIpc) is 3.74. The molecule has 0 spiro atoms. The lowest BCUT2D eigenvalue weighted by molar-refractivity contribution is -0.145. The average molecular weight is 730 g/mol. The van der Waals surface area contributed by atoms with Crippen LogP contribution in [0.15, 0.2) is 29.8 Å². The standard InChI is InChI=1S/C37H57N5O6S.C2H6/c1-26-31(49-25-39-26)27-19-21-28(22-20-27)48-41-33(44)29-17-16-24-42(29)34(45)32(36(2,3)4)40-30(43)18-14-12-10-8-9-11-13-15-23-38-35(46)47-37(5,6)7;1-2/h19-22,25,29,32H,8-18,23-24H2,1-7H3,(H,38,46)(H,40,43)(H,41,44);1-2H3. The SMILES string of the molecule is CC.Cc1ncsc1-c1ccc(ONC(=O)C2CCCN2C(=O)C(NC(=O)CCCCCCCCCCNC(=O)OC(C)(C)C)C(C)(C)C)cc1. The molecular formula is C39H63N5O6S. The first-order chi connectivity index (χ1) is 24.2. The second-order valence-corrected chi connectivity index (χ2v) is 15.8. The molecule has 4 amide bonds. The Morgan fingerprint density at radius 1 is 0.922 bits per heavy atom. The Morgan fingerprint density at radius 3 is 2.10 bits per heavy atom. The van der Waals surface area contributed by atoms with Gasteiger partial charge >= 0.3 is 6.09 Å². The first kappa shape index (κ1) is 43.5. The van der Waals surface area contributed by atoms with E-state index in [0.717, 1.165) is 67.5 Å². The van der Waals surface area contributed by atoms with Gasteiger partial charge in [-0.2, -0.15) is 5.48 Å². The Labute approximate surface area is 310 Å². The minimum atomic E-state index is -0.748. The maximum atomic E-state index is 13.8. The van der Waals surface area contributed by atoms with Gasteiger partial charge in [-0.25, -0.2) is 9.78 Å². The third-order valence-corrected chi connectivity index (χ3v) is 9.36. The molecule has 2 aromatic rings. The van der Waals surface area contributed by atoms with Gasteiger partial charge in [-0.15, -0.1) is 11.3 Å². The van der Waals surface area contributed by atoms with Gasteiger partial charge in [-0.05, 0) is 88.6 Å². The maximum Gasteiger partial charge on any atom is 0.407 e. The fourth-order valence-electron chi connectivity index (χ4n) is 5.76. The molecule has 286 valence electrons. The number of ether oxygens (including phenoxy) is 1. The molecule has 3 rings (SSSR count). The molecule has 2 heterocycles. The molecule has 2 atom stereocenters. The molecule has 0 radical (unpaired) electrons. The van der Waals surface area contributed by atoms with Crippen molar-refractivity contribution in [1.29, 1.82) is 0 Å². The Morgan fingerprint density at radius 2 is 1.53 bits per heavy atom. The molecule has 11 nitrogen and oxygen atoms in total. The fourth-order valence-corrected chi connectivity index (χ4v) is 6.57. The summed E-state index contributed by atoms with van der Waals surface area (Å²) in [4.78, 5) is 64.1. The van der Waals surface area contributed by atoms with Crippen LogP contribution in [0.5, 0.6) is 5.75 Å². The van der Waals surface area contributed by atoms with Crippen LogP contribution in [0.1, 0.15) is 132 Å². The molecule has 0 bridgehead atoms. The monoisotopic (exact) mass is 729 g/mol. The topological polar surface area (TPSA) is 139 Å². The van der Waals surface area contributed by atoms with E-state index in [4.69, 9.17) is 9.57 Å². The fraction of sp³-hybridized carbons (Fsp3) is 0.667. The minimum absolute atomic E-state index is 0.147. The second-order valence-electron chi connectivity index (χ2n) is 14.9. The number of thiazole rings is 1. The molecule has 1 aliphatic heterocycles. The lowest BCUT2D eigenvalue weighted by atomic mass is 9.85. The van der Waals surface area contributed by atoms with Gasteiger partial charge in [0.1, 0.15) is 17.7 Å². The summed E-state index contributed by atoms with van der Waals surface area (Å²) in [7, 11) is 0. The number of unbranched alkanes of at least 4 members (excludes halogenated alkanes) is 7. The van der Waals surface area contributed by atoms with E-state index < -0.39 is 23.1 Å². The van der Waals surface area contributed by atoms with Crippen LogP contribution in [0.3, 0.4) is 0 Å². The Kier molecular flexibility index (Phi) is 18.5. The van der Waals surface area contributed by atoms with E-state index in [2.05, 4.69) is 21.1 Å². The number of hydroxylamine groups is 1. The summed E-state index contributed by atoms with van der Waals surface area (Å²) in [6, 6.07) is 5.99. The number of likely N-dealkylation sites (tertiary alicyclic amines) is 1. The molecule has 3 N–H and O–H groups in total. The Balaban J connectivity index is 0.00000442. The number of carbonyl (C=O) groups is 4. The maximum absolute atomic E-state index is 13.8. The van der Waals surface area contributed by atoms with Crippen LogP contribution < -0.4 is 21.0 Å². The molecule has 12 heteroatoms. The summed E-state index contributed by atoms with van der Waals surface area (Å²) in [6.07, 6.45) is 9.26. The zero-order valence-electron chi connectivity index (χ0n) is 32.5. The number of benzene rings is 1. The van der Waals surface area contributed by atoms with Crippen LogP contribution in [-0.4, -0.2) is 64.5 Å². The normalized spacial score (nSPS) is 14.9. The third kappa shape index (κ3) is 15.6. The van der Waals surface area contributed by atoms with E-state index in [0.29, 0.717) is 38.1 Å². The van der Waals surface area contributed by atoms with E-state index in [1.165, 1.54) is 0 Å². The number of nitrogens with one attached hydrogen (secondary N) is 3. The molecule has 1 aromatic carbocycles. The zero-order chi connectivity index (χ0) is 38.0.